The van der Waals surface area contributed by atoms with Gasteiger partial charge in [0.2, 0.25) is 0 Å². The average Bonchev–Trinajstić information content (AvgIpc) is 2.85. The number of aromatic nitrogens is 1. The average molecular weight is 316 g/mol. The second-order valence-corrected chi connectivity index (χ2v) is 5.56. The zero-order valence-corrected chi connectivity index (χ0v) is 12.1. The topological polar surface area (TPSA) is 45.1 Å². The molecule has 1 atom stereocenters. The minimum Gasteiger partial charge on any atom is -0.394 e. The smallest absolute Gasteiger partial charge is 0.394 e. The fourth-order valence-corrected chi connectivity index (χ4v) is 2.61. The molecule has 0 radical (unpaired) electrons. The molecule has 0 spiro atoms. The summed E-state index contributed by atoms with van der Waals surface area (Å²) >= 11 is 1.50. The Kier molecular flexibility index (Phi) is 4.97. The summed E-state index contributed by atoms with van der Waals surface area (Å²) in [7, 11) is 0. The SMILES string of the molecule is Cc1csc(CNC(CO)c2ccc(C(F)(F)F)cc2)n1. The summed E-state index contributed by atoms with van der Waals surface area (Å²) in [6.07, 6.45) is -4.35. The number of aliphatic hydroxyl groups excluding tert-OH is 1. The molecule has 21 heavy (non-hydrogen) atoms. The monoisotopic (exact) mass is 316 g/mol. The number of nitrogens with one attached hydrogen (secondary N) is 1. The van der Waals surface area contributed by atoms with Gasteiger partial charge in [0, 0.05) is 17.6 Å². The summed E-state index contributed by atoms with van der Waals surface area (Å²) in [5, 5.41) is 15.3. The van der Waals surface area contributed by atoms with Gasteiger partial charge in [0.15, 0.2) is 0 Å². The number of nitrogens with zero attached hydrogens (tertiary/aromatic N) is 1. The van der Waals surface area contributed by atoms with E-state index in [4.69, 9.17) is 0 Å². The molecule has 2 rings (SSSR count). The van der Waals surface area contributed by atoms with Crippen LogP contribution in [0.4, 0.5) is 13.2 Å². The van der Waals surface area contributed by atoms with Gasteiger partial charge in [0.1, 0.15) is 5.01 Å². The highest BCUT2D eigenvalue weighted by atomic mass is 32.1. The first-order chi connectivity index (χ1) is 9.90. The number of thiazole rings is 1. The molecule has 2 N–H and O–H groups in total. The molecule has 2 aromatic rings. The molecule has 0 aliphatic heterocycles. The van der Waals surface area contributed by atoms with Gasteiger partial charge in [-0.1, -0.05) is 12.1 Å². The van der Waals surface area contributed by atoms with Crippen LogP contribution in [0.2, 0.25) is 0 Å². The lowest BCUT2D eigenvalue weighted by Crippen LogP contribution is -2.24. The number of hydrogen-bond donors (Lipinski definition) is 2. The third-order valence-corrected chi connectivity index (χ3v) is 3.96. The van der Waals surface area contributed by atoms with Crippen molar-refractivity contribution in [3.63, 3.8) is 0 Å². The zero-order valence-electron chi connectivity index (χ0n) is 11.3. The summed E-state index contributed by atoms with van der Waals surface area (Å²) in [5.74, 6) is 0. The van der Waals surface area contributed by atoms with Crippen LogP contribution in [0, 0.1) is 6.92 Å². The molecular weight excluding hydrogens is 301 g/mol. The summed E-state index contributed by atoms with van der Waals surface area (Å²) in [4.78, 5) is 4.28. The molecule has 114 valence electrons. The van der Waals surface area contributed by atoms with E-state index in [9.17, 15) is 18.3 Å². The van der Waals surface area contributed by atoms with Crippen LogP contribution in [0.3, 0.4) is 0 Å². The predicted octanol–water partition coefficient (Wildman–Crippen LogP) is 3.29. The van der Waals surface area contributed by atoms with Crippen molar-refractivity contribution in [2.24, 2.45) is 0 Å². The molecule has 0 bridgehead atoms. The molecule has 1 unspecified atom stereocenters. The maximum absolute atomic E-state index is 12.5. The lowest BCUT2D eigenvalue weighted by molar-refractivity contribution is -0.137. The van der Waals surface area contributed by atoms with E-state index in [0.717, 1.165) is 22.8 Å². The minimum absolute atomic E-state index is 0.199. The highest BCUT2D eigenvalue weighted by Gasteiger charge is 2.30. The van der Waals surface area contributed by atoms with Crippen LogP contribution >= 0.6 is 11.3 Å². The van der Waals surface area contributed by atoms with Gasteiger partial charge < -0.3 is 10.4 Å². The van der Waals surface area contributed by atoms with Gasteiger partial charge in [-0.25, -0.2) is 4.98 Å². The van der Waals surface area contributed by atoms with E-state index in [1.54, 1.807) is 0 Å². The first kappa shape index (κ1) is 15.9. The largest absolute Gasteiger partial charge is 0.416 e. The Morgan fingerprint density at radius 1 is 1.29 bits per heavy atom. The number of halogens is 3. The highest BCUT2D eigenvalue weighted by Crippen LogP contribution is 2.29. The van der Waals surface area contributed by atoms with Crippen LogP contribution in [-0.2, 0) is 12.7 Å². The van der Waals surface area contributed by atoms with Crippen molar-refractivity contribution >= 4 is 11.3 Å². The van der Waals surface area contributed by atoms with Gasteiger partial charge in [0.05, 0.1) is 18.2 Å². The van der Waals surface area contributed by atoms with Gasteiger partial charge >= 0.3 is 6.18 Å². The van der Waals surface area contributed by atoms with E-state index >= 15 is 0 Å². The van der Waals surface area contributed by atoms with Crippen LogP contribution in [0.1, 0.15) is 27.9 Å². The van der Waals surface area contributed by atoms with Crippen LogP contribution in [0.15, 0.2) is 29.6 Å². The lowest BCUT2D eigenvalue weighted by Gasteiger charge is -2.17. The van der Waals surface area contributed by atoms with Crippen LogP contribution in [-0.4, -0.2) is 16.7 Å². The van der Waals surface area contributed by atoms with Crippen LogP contribution < -0.4 is 5.32 Å². The first-order valence-electron chi connectivity index (χ1n) is 6.32. The van der Waals surface area contributed by atoms with Gasteiger partial charge in [-0.05, 0) is 24.6 Å². The van der Waals surface area contributed by atoms with Crippen molar-refractivity contribution in [2.45, 2.75) is 25.7 Å². The Labute approximate surface area is 124 Å². The van der Waals surface area contributed by atoms with Crippen molar-refractivity contribution in [2.75, 3.05) is 6.61 Å². The van der Waals surface area contributed by atoms with Crippen LogP contribution in [0.25, 0.3) is 0 Å². The predicted molar refractivity (Wildman–Crippen MR) is 75.0 cm³/mol. The lowest BCUT2D eigenvalue weighted by atomic mass is 10.1. The third-order valence-electron chi connectivity index (χ3n) is 2.99. The number of aliphatic hydroxyl groups is 1. The van der Waals surface area contributed by atoms with Crippen molar-refractivity contribution in [3.05, 3.63) is 51.5 Å². The van der Waals surface area contributed by atoms with E-state index in [1.165, 1.54) is 23.5 Å². The summed E-state index contributed by atoms with van der Waals surface area (Å²) in [6, 6.07) is 4.38. The van der Waals surface area contributed by atoms with E-state index in [-0.39, 0.29) is 6.61 Å². The van der Waals surface area contributed by atoms with Gasteiger partial charge in [-0.3, -0.25) is 0 Å². The maximum Gasteiger partial charge on any atom is 0.416 e. The second-order valence-electron chi connectivity index (χ2n) is 4.62. The zero-order chi connectivity index (χ0) is 15.5. The summed E-state index contributed by atoms with van der Waals surface area (Å²) in [6.45, 7) is 2.15. The fraction of sp³-hybridized carbons (Fsp3) is 0.357. The normalized spacial score (nSPS) is 13.4. The quantitative estimate of drug-likeness (QED) is 0.890. The van der Waals surface area contributed by atoms with Crippen molar-refractivity contribution in [3.8, 4) is 0 Å². The summed E-state index contributed by atoms with van der Waals surface area (Å²) in [5.41, 5.74) is 0.837. The molecule has 1 aromatic heterocycles. The number of benzene rings is 1. The fourth-order valence-electron chi connectivity index (χ4n) is 1.89. The Hall–Kier alpha value is -1.44. The van der Waals surface area contributed by atoms with E-state index in [0.29, 0.717) is 12.1 Å². The number of alkyl halides is 3. The molecule has 0 amide bonds. The van der Waals surface area contributed by atoms with Crippen molar-refractivity contribution in [1.29, 1.82) is 0 Å². The number of hydrogen-bond acceptors (Lipinski definition) is 4. The maximum atomic E-state index is 12.5. The Bertz CT molecular complexity index is 581. The van der Waals surface area contributed by atoms with Gasteiger partial charge in [0.25, 0.3) is 0 Å². The molecule has 0 saturated heterocycles. The Balaban J connectivity index is 2.03. The highest BCUT2D eigenvalue weighted by molar-refractivity contribution is 7.09. The van der Waals surface area contributed by atoms with Gasteiger partial charge in [-0.15, -0.1) is 11.3 Å². The Morgan fingerprint density at radius 2 is 1.95 bits per heavy atom. The number of rotatable bonds is 5. The Morgan fingerprint density at radius 3 is 2.43 bits per heavy atom. The van der Waals surface area contributed by atoms with E-state index in [1.807, 2.05) is 12.3 Å². The van der Waals surface area contributed by atoms with Gasteiger partial charge in [-0.2, -0.15) is 13.2 Å². The first-order valence-corrected chi connectivity index (χ1v) is 7.20. The molecule has 1 heterocycles. The molecular formula is C14H15F3N2OS. The van der Waals surface area contributed by atoms with Crippen LogP contribution in [0.5, 0.6) is 0 Å². The van der Waals surface area contributed by atoms with E-state index in [2.05, 4.69) is 10.3 Å². The van der Waals surface area contributed by atoms with E-state index < -0.39 is 17.8 Å². The molecule has 1 aromatic carbocycles. The molecule has 0 aliphatic rings. The standard InChI is InChI=1S/C14H15F3N2OS/c1-9-8-21-13(19-9)6-18-12(7-20)10-2-4-11(5-3-10)14(15,16)17/h2-5,8,12,18,20H,6-7H2,1H3. The molecule has 0 fully saturated rings. The molecule has 3 nitrogen and oxygen atoms in total. The molecule has 7 heteroatoms. The minimum atomic E-state index is -4.35. The van der Waals surface area contributed by atoms with Crippen molar-refractivity contribution < 1.29 is 18.3 Å². The molecule has 0 aliphatic carbocycles. The molecule has 0 saturated carbocycles. The van der Waals surface area contributed by atoms with Crippen molar-refractivity contribution in [1.82, 2.24) is 10.3 Å². The second kappa shape index (κ2) is 6.55. The number of aryl methyl sites for hydroxylation is 1. The third kappa shape index (κ3) is 4.26. The summed E-state index contributed by atoms with van der Waals surface area (Å²) < 4.78 is 37.5.